The van der Waals surface area contributed by atoms with Crippen molar-refractivity contribution in [3.8, 4) is 0 Å². The summed E-state index contributed by atoms with van der Waals surface area (Å²) in [6, 6.07) is 3.92. The van der Waals surface area contributed by atoms with Crippen LogP contribution in [-0.2, 0) is 0 Å². The Morgan fingerprint density at radius 3 is 2.40 bits per heavy atom. The number of hydrogen-bond donors (Lipinski definition) is 2. The number of nitrogens with one attached hydrogen (secondary N) is 2. The molecule has 0 aromatic carbocycles. The molecule has 4 nitrogen and oxygen atoms in total. The van der Waals surface area contributed by atoms with E-state index in [4.69, 9.17) is 0 Å². The number of carbonyl (C=O) groups is 1. The van der Waals surface area contributed by atoms with Gasteiger partial charge in [0.25, 0.3) is 5.91 Å². The van der Waals surface area contributed by atoms with E-state index in [2.05, 4.69) is 10.3 Å². The average molecular weight is 288 g/mol. The van der Waals surface area contributed by atoms with Crippen molar-refractivity contribution in [1.29, 1.82) is 0 Å². The van der Waals surface area contributed by atoms with Gasteiger partial charge in [-0.25, -0.2) is 0 Å². The summed E-state index contributed by atoms with van der Waals surface area (Å²) in [5.41, 5.74) is -0.270. The highest BCUT2D eigenvalue weighted by Gasteiger charge is 2.41. The average Bonchev–Trinajstić information content (AvgIpc) is 2.38. The Kier molecular flexibility index (Phi) is 4.15. The Hall–Kier alpha value is -1.79. The van der Waals surface area contributed by atoms with Gasteiger partial charge in [-0.3, -0.25) is 9.59 Å². The van der Waals surface area contributed by atoms with E-state index in [0.717, 1.165) is 0 Å². The maximum atomic E-state index is 12.5. The number of H-pyrrole nitrogens is 1. The quantitative estimate of drug-likeness (QED) is 0.876. The third-order valence-electron chi connectivity index (χ3n) is 3.54. The molecule has 0 radical (unpaired) electrons. The Balaban J connectivity index is 1.90. The van der Waals surface area contributed by atoms with Crippen molar-refractivity contribution >= 4 is 5.91 Å². The molecular weight excluding hydrogens is 273 g/mol. The van der Waals surface area contributed by atoms with Crippen LogP contribution in [0.4, 0.5) is 13.2 Å². The normalized spacial score (nSPS) is 23.4. The molecule has 1 aliphatic carbocycles. The molecule has 0 saturated heterocycles. The van der Waals surface area contributed by atoms with Gasteiger partial charge in [-0.05, 0) is 31.7 Å². The van der Waals surface area contributed by atoms with Crippen LogP contribution in [0, 0.1) is 5.92 Å². The lowest BCUT2D eigenvalue weighted by Crippen LogP contribution is -2.40. The molecule has 110 valence electrons. The molecule has 0 aliphatic heterocycles. The minimum Gasteiger partial charge on any atom is -0.348 e. The summed E-state index contributed by atoms with van der Waals surface area (Å²) in [5, 5.41) is 2.66. The van der Waals surface area contributed by atoms with Gasteiger partial charge in [-0.15, -0.1) is 0 Å². The summed E-state index contributed by atoms with van der Waals surface area (Å²) in [7, 11) is 0. The summed E-state index contributed by atoms with van der Waals surface area (Å²) >= 11 is 0. The molecule has 0 atom stereocenters. The smallest absolute Gasteiger partial charge is 0.348 e. The number of alkyl halides is 3. The van der Waals surface area contributed by atoms with Crippen molar-refractivity contribution in [3.63, 3.8) is 0 Å². The Bertz CT molecular complexity index is 531. The van der Waals surface area contributed by atoms with Crippen molar-refractivity contribution < 1.29 is 18.0 Å². The first-order chi connectivity index (χ1) is 9.36. The van der Waals surface area contributed by atoms with Crippen molar-refractivity contribution in [2.24, 2.45) is 5.92 Å². The zero-order chi connectivity index (χ0) is 14.8. The monoisotopic (exact) mass is 288 g/mol. The highest BCUT2D eigenvalue weighted by atomic mass is 19.4. The van der Waals surface area contributed by atoms with Gasteiger partial charge >= 0.3 is 6.18 Å². The van der Waals surface area contributed by atoms with Gasteiger partial charge in [-0.1, -0.05) is 6.07 Å². The molecule has 0 spiro atoms. The van der Waals surface area contributed by atoms with Crippen LogP contribution in [0.1, 0.15) is 36.2 Å². The first-order valence-corrected chi connectivity index (χ1v) is 6.43. The van der Waals surface area contributed by atoms with Crippen LogP contribution in [-0.4, -0.2) is 23.1 Å². The van der Waals surface area contributed by atoms with E-state index in [9.17, 15) is 22.8 Å². The Morgan fingerprint density at radius 1 is 1.20 bits per heavy atom. The minimum atomic E-state index is -4.15. The minimum absolute atomic E-state index is 0.0275. The number of amides is 1. The number of aromatic amines is 1. The van der Waals surface area contributed by atoms with E-state index >= 15 is 0 Å². The zero-order valence-electron chi connectivity index (χ0n) is 10.7. The number of carbonyl (C=O) groups excluding carboxylic acids is 1. The van der Waals surface area contributed by atoms with E-state index in [-0.39, 0.29) is 24.6 Å². The van der Waals surface area contributed by atoms with E-state index in [0.29, 0.717) is 12.8 Å². The van der Waals surface area contributed by atoms with Crippen LogP contribution in [0.15, 0.2) is 23.0 Å². The number of pyridine rings is 1. The van der Waals surface area contributed by atoms with Gasteiger partial charge in [-0.2, -0.15) is 13.2 Å². The van der Waals surface area contributed by atoms with E-state index < -0.39 is 23.6 Å². The third-order valence-corrected chi connectivity index (χ3v) is 3.54. The van der Waals surface area contributed by atoms with E-state index in [1.807, 2.05) is 0 Å². The second-order valence-electron chi connectivity index (χ2n) is 4.99. The number of rotatable bonds is 2. The molecular formula is C13H15F3N2O2. The molecule has 1 aromatic rings. The van der Waals surface area contributed by atoms with Crippen LogP contribution >= 0.6 is 0 Å². The molecule has 1 amide bonds. The first-order valence-electron chi connectivity index (χ1n) is 6.43. The fourth-order valence-electron chi connectivity index (χ4n) is 2.41. The maximum Gasteiger partial charge on any atom is 0.391 e. The second-order valence-corrected chi connectivity index (χ2v) is 4.99. The standard InChI is InChI=1S/C13H15F3N2O2/c14-13(15,16)8-4-6-9(7-5-8)17-12(20)10-2-1-3-11(19)18-10/h1-3,8-9H,4-7H2,(H,17,20)(H,18,19). The van der Waals surface area contributed by atoms with Crippen molar-refractivity contribution in [2.45, 2.75) is 37.9 Å². The van der Waals surface area contributed by atoms with Crippen LogP contribution in [0.2, 0.25) is 0 Å². The van der Waals surface area contributed by atoms with Gasteiger partial charge in [0.15, 0.2) is 0 Å². The highest BCUT2D eigenvalue weighted by Crippen LogP contribution is 2.37. The fraction of sp³-hybridized carbons (Fsp3) is 0.538. The summed E-state index contributed by atoms with van der Waals surface area (Å²) in [5.74, 6) is -1.73. The lowest BCUT2D eigenvalue weighted by atomic mass is 9.85. The van der Waals surface area contributed by atoms with E-state index in [1.54, 1.807) is 0 Å². The predicted octanol–water partition coefficient (Wildman–Crippen LogP) is 2.23. The molecule has 1 aromatic heterocycles. The lowest BCUT2D eigenvalue weighted by molar-refractivity contribution is -0.182. The fourth-order valence-corrected chi connectivity index (χ4v) is 2.41. The first kappa shape index (κ1) is 14.6. The van der Waals surface area contributed by atoms with Crippen molar-refractivity contribution in [3.05, 3.63) is 34.2 Å². The Morgan fingerprint density at radius 2 is 1.85 bits per heavy atom. The topological polar surface area (TPSA) is 62.0 Å². The van der Waals surface area contributed by atoms with Gasteiger partial charge in [0.2, 0.25) is 5.56 Å². The Labute approximate surface area is 113 Å². The van der Waals surface area contributed by atoms with Gasteiger partial charge < -0.3 is 10.3 Å². The second kappa shape index (κ2) is 5.68. The maximum absolute atomic E-state index is 12.5. The van der Waals surface area contributed by atoms with Gasteiger partial charge in [0.05, 0.1) is 5.92 Å². The number of aromatic nitrogens is 1. The van der Waals surface area contributed by atoms with Gasteiger partial charge in [0.1, 0.15) is 5.69 Å². The predicted molar refractivity (Wildman–Crippen MR) is 66.3 cm³/mol. The molecule has 0 unspecified atom stereocenters. The number of hydrogen-bond acceptors (Lipinski definition) is 2. The zero-order valence-corrected chi connectivity index (χ0v) is 10.7. The molecule has 1 fully saturated rings. The molecule has 7 heteroatoms. The van der Waals surface area contributed by atoms with Crippen LogP contribution < -0.4 is 10.9 Å². The molecule has 1 aliphatic rings. The van der Waals surface area contributed by atoms with Crippen molar-refractivity contribution in [2.75, 3.05) is 0 Å². The SMILES string of the molecule is O=C(NC1CCC(C(F)(F)F)CC1)c1cccc(=O)[nH]1. The summed E-state index contributed by atoms with van der Waals surface area (Å²) in [6.45, 7) is 0. The van der Waals surface area contributed by atoms with Crippen LogP contribution in [0.25, 0.3) is 0 Å². The van der Waals surface area contributed by atoms with E-state index in [1.165, 1.54) is 18.2 Å². The molecule has 2 rings (SSSR count). The third kappa shape index (κ3) is 3.61. The molecule has 20 heavy (non-hydrogen) atoms. The summed E-state index contributed by atoms with van der Waals surface area (Å²) in [4.78, 5) is 25.3. The summed E-state index contributed by atoms with van der Waals surface area (Å²) in [6.07, 6.45) is -3.50. The van der Waals surface area contributed by atoms with Crippen molar-refractivity contribution in [1.82, 2.24) is 10.3 Å². The summed E-state index contributed by atoms with van der Waals surface area (Å²) < 4.78 is 37.5. The van der Waals surface area contributed by atoms with Gasteiger partial charge in [0, 0.05) is 12.1 Å². The molecule has 0 bridgehead atoms. The largest absolute Gasteiger partial charge is 0.391 e. The van der Waals surface area contributed by atoms with Crippen LogP contribution in [0.5, 0.6) is 0 Å². The number of halogens is 3. The molecule has 1 saturated carbocycles. The molecule has 1 heterocycles. The highest BCUT2D eigenvalue weighted by molar-refractivity contribution is 5.92. The molecule has 2 N–H and O–H groups in total. The van der Waals surface area contributed by atoms with Crippen LogP contribution in [0.3, 0.4) is 0 Å². The lowest BCUT2D eigenvalue weighted by Gasteiger charge is -2.30.